The van der Waals surface area contributed by atoms with Crippen molar-refractivity contribution < 1.29 is 13.9 Å². The normalized spacial score (nSPS) is 10.8. The molecule has 0 aliphatic carbocycles. The minimum absolute atomic E-state index is 0.198. The minimum atomic E-state index is -0.437. The predicted octanol–water partition coefficient (Wildman–Crippen LogP) is 3.38. The van der Waals surface area contributed by atoms with Crippen LogP contribution >= 0.6 is 15.9 Å². The molecule has 0 aliphatic rings. The number of carbonyl (C=O) groups excluding carboxylic acids is 1. The number of ether oxygens (including phenoxy) is 1. The summed E-state index contributed by atoms with van der Waals surface area (Å²) in [6.07, 6.45) is 0.741. The Labute approximate surface area is 121 Å². The van der Waals surface area contributed by atoms with Crippen LogP contribution in [0.2, 0.25) is 0 Å². The molecular weight excluding hydrogens is 313 g/mol. The van der Waals surface area contributed by atoms with Gasteiger partial charge >= 0.3 is 0 Å². The summed E-state index contributed by atoms with van der Waals surface area (Å²) >= 11 is 3.07. The lowest BCUT2D eigenvalue weighted by Crippen LogP contribution is -2.26. The van der Waals surface area contributed by atoms with Gasteiger partial charge in [0.15, 0.2) is 0 Å². The maximum absolute atomic E-state index is 13.3. The van der Waals surface area contributed by atoms with Gasteiger partial charge in [0, 0.05) is 19.8 Å². The van der Waals surface area contributed by atoms with E-state index in [4.69, 9.17) is 4.74 Å². The number of amides is 1. The average molecular weight is 332 g/mol. The molecule has 1 amide bonds. The standard InChI is InChI=1S/C14H19BrFNO2/c1-10(2)9-19-8-4-7-17-14(18)11-5-3-6-12(16)13(11)15/h3,5-6,10H,4,7-9H2,1-2H3,(H,17,18). The van der Waals surface area contributed by atoms with Gasteiger partial charge in [-0.15, -0.1) is 0 Å². The fourth-order valence-corrected chi connectivity index (χ4v) is 1.91. The quantitative estimate of drug-likeness (QED) is 0.778. The molecule has 5 heteroatoms. The molecule has 0 heterocycles. The zero-order chi connectivity index (χ0) is 14.3. The van der Waals surface area contributed by atoms with Crippen molar-refractivity contribution in [1.82, 2.24) is 5.32 Å². The summed E-state index contributed by atoms with van der Waals surface area (Å²) in [7, 11) is 0. The van der Waals surface area contributed by atoms with Crippen LogP contribution in [-0.4, -0.2) is 25.7 Å². The molecule has 0 radical (unpaired) electrons. The lowest BCUT2D eigenvalue weighted by atomic mass is 10.2. The van der Waals surface area contributed by atoms with Gasteiger partial charge in [-0.1, -0.05) is 19.9 Å². The summed E-state index contributed by atoms with van der Waals surface area (Å²) in [5.41, 5.74) is 0.308. The average Bonchev–Trinajstić information content (AvgIpc) is 2.36. The molecule has 19 heavy (non-hydrogen) atoms. The van der Waals surface area contributed by atoms with E-state index in [1.807, 2.05) is 0 Å². The topological polar surface area (TPSA) is 38.3 Å². The van der Waals surface area contributed by atoms with E-state index in [2.05, 4.69) is 35.1 Å². The van der Waals surface area contributed by atoms with Crippen molar-refractivity contribution in [3.05, 3.63) is 34.1 Å². The number of rotatable bonds is 7. The molecule has 0 aliphatic heterocycles. The minimum Gasteiger partial charge on any atom is -0.381 e. The van der Waals surface area contributed by atoms with E-state index in [0.29, 0.717) is 24.6 Å². The van der Waals surface area contributed by atoms with Crippen LogP contribution in [0.3, 0.4) is 0 Å². The summed E-state index contributed by atoms with van der Waals surface area (Å²) < 4.78 is 18.9. The first kappa shape index (κ1) is 16.1. The molecule has 0 aromatic heterocycles. The van der Waals surface area contributed by atoms with Gasteiger partial charge < -0.3 is 10.1 Å². The smallest absolute Gasteiger partial charge is 0.252 e. The van der Waals surface area contributed by atoms with Gasteiger partial charge in [0.25, 0.3) is 5.91 Å². The monoisotopic (exact) mass is 331 g/mol. The summed E-state index contributed by atoms with van der Waals surface area (Å²) in [5.74, 6) is -0.207. The SMILES string of the molecule is CC(C)COCCCNC(=O)c1cccc(F)c1Br. The van der Waals surface area contributed by atoms with Gasteiger partial charge in [0.1, 0.15) is 5.82 Å². The molecule has 0 saturated carbocycles. The third kappa shape index (κ3) is 5.70. The molecular formula is C14H19BrFNO2. The predicted molar refractivity (Wildman–Crippen MR) is 76.7 cm³/mol. The molecule has 1 N–H and O–H groups in total. The molecule has 0 spiro atoms. The first-order valence-corrected chi connectivity index (χ1v) is 7.11. The summed E-state index contributed by atoms with van der Waals surface area (Å²) in [6, 6.07) is 4.40. The highest BCUT2D eigenvalue weighted by molar-refractivity contribution is 9.10. The van der Waals surface area contributed by atoms with Crippen LogP contribution in [0.5, 0.6) is 0 Å². The van der Waals surface area contributed by atoms with Gasteiger partial charge in [0.05, 0.1) is 10.0 Å². The molecule has 1 rings (SSSR count). The second-order valence-corrected chi connectivity index (χ2v) is 5.47. The van der Waals surface area contributed by atoms with E-state index in [9.17, 15) is 9.18 Å². The van der Waals surface area contributed by atoms with Crippen LogP contribution in [0, 0.1) is 11.7 Å². The Bertz CT molecular complexity index is 424. The van der Waals surface area contributed by atoms with Crippen LogP contribution in [0.25, 0.3) is 0 Å². The largest absolute Gasteiger partial charge is 0.381 e. The van der Waals surface area contributed by atoms with Crippen molar-refractivity contribution in [3.8, 4) is 0 Å². The highest BCUT2D eigenvalue weighted by Gasteiger charge is 2.12. The van der Waals surface area contributed by atoms with Crippen molar-refractivity contribution >= 4 is 21.8 Å². The molecule has 0 fully saturated rings. The molecule has 0 atom stereocenters. The molecule has 3 nitrogen and oxygen atoms in total. The van der Waals surface area contributed by atoms with Gasteiger partial charge in [-0.3, -0.25) is 4.79 Å². The highest BCUT2D eigenvalue weighted by Crippen LogP contribution is 2.20. The Morgan fingerprint density at radius 1 is 1.47 bits per heavy atom. The second-order valence-electron chi connectivity index (χ2n) is 4.68. The molecule has 0 saturated heterocycles. The number of carbonyl (C=O) groups is 1. The Kier molecular flexibility index (Phi) is 7.02. The van der Waals surface area contributed by atoms with Gasteiger partial charge in [-0.05, 0) is 40.4 Å². The van der Waals surface area contributed by atoms with Crippen LogP contribution in [0.1, 0.15) is 30.6 Å². The molecule has 1 aromatic carbocycles. The van der Waals surface area contributed by atoms with Gasteiger partial charge in [-0.25, -0.2) is 4.39 Å². The van der Waals surface area contributed by atoms with Gasteiger partial charge in [-0.2, -0.15) is 0 Å². The third-order valence-corrected chi connectivity index (χ3v) is 3.20. The van der Waals surface area contributed by atoms with Crippen LogP contribution in [0.15, 0.2) is 22.7 Å². The van der Waals surface area contributed by atoms with E-state index in [0.717, 1.165) is 13.0 Å². The zero-order valence-corrected chi connectivity index (χ0v) is 12.8. The number of benzene rings is 1. The third-order valence-electron chi connectivity index (χ3n) is 2.40. The van der Waals surface area contributed by atoms with Crippen molar-refractivity contribution in [2.45, 2.75) is 20.3 Å². The Morgan fingerprint density at radius 2 is 2.21 bits per heavy atom. The summed E-state index contributed by atoms with van der Waals surface area (Å²) in [5, 5.41) is 2.74. The number of hydrogen-bond donors (Lipinski definition) is 1. The fourth-order valence-electron chi connectivity index (χ4n) is 1.47. The number of hydrogen-bond acceptors (Lipinski definition) is 2. The zero-order valence-electron chi connectivity index (χ0n) is 11.2. The Balaban J connectivity index is 2.30. The second kappa shape index (κ2) is 8.27. The van der Waals surface area contributed by atoms with E-state index in [1.54, 1.807) is 6.07 Å². The van der Waals surface area contributed by atoms with Crippen molar-refractivity contribution in [3.63, 3.8) is 0 Å². The van der Waals surface area contributed by atoms with E-state index < -0.39 is 5.82 Å². The van der Waals surface area contributed by atoms with E-state index >= 15 is 0 Å². The van der Waals surface area contributed by atoms with Crippen LogP contribution in [-0.2, 0) is 4.74 Å². The lowest BCUT2D eigenvalue weighted by molar-refractivity contribution is 0.0924. The maximum atomic E-state index is 13.3. The summed E-state index contributed by atoms with van der Waals surface area (Å²) in [4.78, 5) is 11.8. The van der Waals surface area contributed by atoms with E-state index in [1.165, 1.54) is 12.1 Å². The molecule has 0 bridgehead atoms. The lowest BCUT2D eigenvalue weighted by Gasteiger charge is -2.09. The summed E-state index contributed by atoms with van der Waals surface area (Å²) in [6.45, 7) is 6.03. The van der Waals surface area contributed by atoms with Crippen LogP contribution < -0.4 is 5.32 Å². The maximum Gasteiger partial charge on any atom is 0.252 e. The molecule has 0 unspecified atom stereocenters. The van der Waals surface area contributed by atoms with E-state index in [-0.39, 0.29) is 10.4 Å². The van der Waals surface area contributed by atoms with Crippen molar-refractivity contribution in [1.29, 1.82) is 0 Å². The van der Waals surface area contributed by atoms with Crippen molar-refractivity contribution in [2.24, 2.45) is 5.92 Å². The van der Waals surface area contributed by atoms with Gasteiger partial charge in [0.2, 0.25) is 0 Å². The number of nitrogens with one attached hydrogen (secondary N) is 1. The first-order valence-electron chi connectivity index (χ1n) is 6.32. The highest BCUT2D eigenvalue weighted by atomic mass is 79.9. The first-order chi connectivity index (χ1) is 9.02. The van der Waals surface area contributed by atoms with Crippen LogP contribution in [0.4, 0.5) is 4.39 Å². The molecule has 1 aromatic rings. The Morgan fingerprint density at radius 3 is 2.89 bits per heavy atom. The van der Waals surface area contributed by atoms with Crippen molar-refractivity contribution in [2.75, 3.05) is 19.8 Å². The number of halogens is 2. The molecule has 106 valence electrons. The fraction of sp³-hybridized carbons (Fsp3) is 0.500. The Hall–Kier alpha value is -0.940.